The number of rotatable bonds is 0. The Morgan fingerprint density at radius 2 is 2.00 bits per heavy atom. The minimum absolute atomic E-state index is 0.291. The van der Waals surface area contributed by atoms with E-state index in [4.69, 9.17) is 0 Å². The van der Waals surface area contributed by atoms with Gasteiger partial charge < -0.3 is 0 Å². The maximum atomic E-state index is 12.4. The molecule has 15 heavy (non-hydrogen) atoms. The van der Waals surface area contributed by atoms with Gasteiger partial charge in [-0.2, -0.15) is 13.2 Å². The molecular formula is C8H3BrF3NS2. The summed E-state index contributed by atoms with van der Waals surface area (Å²) in [6.07, 6.45) is -4.39. The fourth-order valence-electron chi connectivity index (χ4n) is 1.10. The summed E-state index contributed by atoms with van der Waals surface area (Å²) in [6.45, 7) is 0. The third-order valence-corrected chi connectivity index (χ3v) is 3.53. The average molecular weight is 314 g/mol. The van der Waals surface area contributed by atoms with E-state index in [9.17, 15) is 13.2 Å². The predicted octanol–water partition coefficient (Wildman–Crippen LogP) is 4.37. The molecule has 7 heteroatoms. The molecule has 0 aliphatic heterocycles. The third kappa shape index (κ3) is 2.14. The van der Waals surface area contributed by atoms with Gasteiger partial charge in [-0.15, -0.1) is 24.0 Å². The Hall–Kier alpha value is -0.270. The van der Waals surface area contributed by atoms with Crippen LogP contribution in [0.2, 0.25) is 0 Å². The lowest BCUT2D eigenvalue weighted by molar-refractivity contribution is -0.137. The van der Waals surface area contributed by atoms with Crippen molar-refractivity contribution in [1.29, 1.82) is 0 Å². The number of aromatic nitrogens is 1. The largest absolute Gasteiger partial charge is 0.443 e. The molecule has 0 atom stereocenters. The van der Waals surface area contributed by atoms with Gasteiger partial charge in [0.15, 0.2) is 5.01 Å². The molecule has 0 spiro atoms. The Morgan fingerprint density at radius 3 is 2.60 bits per heavy atom. The molecule has 2 rings (SSSR count). The average Bonchev–Trinajstić information content (AvgIpc) is 2.46. The van der Waals surface area contributed by atoms with E-state index in [-0.39, 0.29) is 0 Å². The van der Waals surface area contributed by atoms with Gasteiger partial charge in [-0.05, 0) is 12.1 Å². The van der Waals surface area contributed by atoms with E-state index in [0.29, 0.717) is 30.9 Å². The van der Waals surface area contributed by atoms with Gasteiger partial charge in [0.2, 0.25) is 0 Å². The first-order chi connectivity index (χ1) is 6.88. The van der Waals surface area contributed by atoms with Crippen LogP contribution in [0.4, 0.5) is 13.2 Å². The molecule has 0 saturated heterocycles. The van der Waals surface area contributed by atoms with Crippen LogP contribution in [0, 0.1) is 0 Å². The quantitative estimate of drug-likeness (QED) is 0.713. The van der Waals surface area contributed by atoms with Crippen molar-refractivity contribution in [3.63, 3.8) is 0 Å². The summed E-state index contributed by atoms with van der Waals surface area (Å²) in [4.78, 5) is 3.96. The third-order valence-electron chi connectivity index (χ3n) is 1.68. The van der Waals surface area contributed by atoms with Gasteiger partial charge in [0, 0.05) is 9.37 Å². The molecule has 80 valence electrons. The maximum absolute atomic E-state index is 12.4. The van der Waals surface area contributed by atoms with Crippen LogP contribution < -0.4 is 0 Å². The SMILES string of the molecule is FC(F)(F)c1nc2c(S)cc(Br)cc2s1. The molecule has 1 aromatic heterocycles. The number of hydrogen-bond donors (Lipinski definition) is 1. The Balaban J connectivity index is 2.71. The van der Waals surface area contributed by atoms with Gasteiger partial charge >= 0.3 is 6.18 Å². The summed E-state index contributed by atoms with van der Waals surface area (Å²) in [5.41, 5.74) is 0.291. The summed E-state index contributed by atoms with van der Waals surface area (Å²) in [7, 11) is 0. The number of benzene rings is 1. The van der Waals surface area contributed by atoms with E-state index >= 15 is 0 Å². The number of alkyl halides is 3. The zero-order chi connectivity index (χ0) is 11.2. The van der Waals surface area contributed by atoms with Crippen LogP contribution >= 0.6 is 39.9 Å². The highest BCUT2D eigenvalue weighted by atomic mass is 79.9. The van der Waals surface area contributed by atoms with Crippen molar-refractivity contribution in [1.82, 2.24) is 4.98 Å². The van der Waals surface area contributed by atoms with Crippen molar-refractivity contribution < 1.29 is 13.2 Å². The Morgan fingerprint density at radius 1 is 1.33 bits per heavy atom. The van der Waals surface area contributed by atoms with Crippen LogP contribution in [0.3, 0.4) is 0 Å². The molecule has 0 amide bonds. The molecule has 0 aliphatic carbocycles. The van der Waals surface area contributed by atoms with Crippen LogP contribution in [0.5, 0.6) is 0 Å². The van der Waals surface area contributed by atoms with Crippen molar-refractivity contribution in [2.24, 2.45) is 0 Å². The summed E-state index contributed by atoms with van der Waals surface area (Å²) in [5, 5.41) is -0.842. The topological polar surface area (TPSA) is 12.9 Å². The summed E-state index contributed by atoms with van der Waals surface area (Å²) < 4.78 is 38.3. The zero-order valence-electron chi connectivity index (χ0n) is 6.97. The highest BCUT2D eigenvalue weighted by molar-refractivity contribution is 9.10. The van der Waals surface area contributed by atoms with Gasteiger partial charge in [-0.1, -0.05) is 15.9 Å². The standard InChI is InChI=1S/C8H3BrF3NS2/c9-3-1-4(14)6-5(2-3)15-7(13-6)8(10,11)12/h1-2,14H. The molecule has 0 unspecified atom stereocenters. The van der Waals surface area contributed by atoms with Gasteiger partial charge in [-0.25, -0.2) is 4.98 Å². The monoisotopic (exact) mass is 313 g/mol. The number of hydrogen-bond acceptors (Lipinski definition) is 3. The van der Waals surface area contributed by atoms with Crippen LogP contribution in [-0.2, 0) is 6.18 Å². The molecule has 0 aliphatic rings. The van der Waals surface area contributed by atoms with E-state index < -0.39 is 11.2 Å². The summed E-state index contributed by atoms with van der Waals surface area (Å²) in [5.74, 6) is 0. The maximum Gasteiger partial charge on any atom is 0.443 e. The van der Waals surface area contributed by atoms with E-state index in [1.165, 1.54) is 0 Å². The van der Waals surface area contributed by atoms with E-state index in [1.54, 1.807) is 12.1 Å². The molecule has 0 saturated carbocycles. The lowest BCUT2D eigenvalue weighted by Gasteiger charge is -1.98. The van der Waals surface area contributed by atoms with E-state index in [2.05, 4.69) is 33.5 Å². The van der Waals surface area contributed by atoms with Gasteiger partial charge in [0.1, 0.15) is 0 Å². The zero-order valence-corrected chi connectivity index (χ0v) is 10.3. The lowest BCUT2D eigenvalue weighted by atomic mass is 10.3. The lowest BCUT2D eigenvalue weighted by Crippen LogP contribution is -2.03. The second-order valence-electron chi connectivity index (χ2n) is 2.79. The van der Waals surface area contributed by atoms with Crippen LogP contribution in [0.15, 0.2) is 21.5 Å². The van der Waals surface area contributed by atoms with Crippen molar-refractivity contribution in [3.8, 4) is 0 Å². The van der Waals surface area contributed by atoms with Gasteiger partial charge in [-0.3, -0.25) is 0 Å². The summed E-state index contributed by atoms with van der Waals surface area (Å²) in [6, 6.07) is 3.22. The molecule has 0 fully saturated rings. The number of thiol groups is 1. The minimum Gasteiger partial charge on any atom is -0.231 e. The summed E-state index contributed by atoms with van der Waals surface area (Å²) >= 11 is 7.89. The molecule has 2 aromatic rings. The molecule has 0 bridgehead atoms. The Kier molecular flexibility index (Phi) is 2.72. The normalized spacial score (nSPS) is 12.3. The number of thiazole rings is 1. The van der Waals surface area contributed by atoms with Crippen LogP contribution in [-0.4, -0.2) is 4.98 Å². The number of halogens is 4. The molecular weight excluding hydrogens is 311 g/mol. The highest BCUT2D eigenvalue weighted by Crippen LogP contribution is 2.38. The molecule has 0 radical (unpaired) electrons. The Bertz CT molecular complexity index is 520. The van der Waals surface area contributed by atoms with Crippen LogP contribution in [0.25, 0.3) is 10.2 Å². The fraction of sp³-hybridized carbons (Fsp3) is 0.125. The first-order valence-corrected chi connectivity index (χ1v) is 5.80. The van der Waals surface area contributed by atoms with Gasteiger partial charge in [0.25, 0.3) is 0 Å². The predicted molar refractivity (Wildman–Crippen MR) is 59.6 cm³/mol. The first-order valence-electron chi connectivity index (χ1n) is 3.74. The Labute approximate surface area is 101 Å². The minimum atomic E-state index is -4.39. The smallest absolute Gasteiger partial charge is 0.231 e. The van der Waals surface area contributed by atoms with Crippen LogP contribution in [0.1, 0.15) is 5.01 Å². The van der Waals surface area contributed by atoms with Crippen molar-refractivity contribution >= 4 is 50.1 Å². The van der Waals surface area contributed by atoms with Crippen molar-refractivity contribution in [2.45, 2.75) is 11.1 Å². The molecule has 1 nitrogen and oxygen atoms in total. The fourth-order valence-corrected chi connectivity index (χ4v) is 3.17. The van der Waals surface area contributed by atoms with Crippen molar-refractivity contribution in [2.75, 3.05) is 0 Å². The van der Waals surface area contributed by atoms with Gasteiger partial charge in [0.05, 0.1) is 10.2 Å². The number of fused-ring (bicyclic) bond motifs is 1. The number of nitrogens with zero attached hydrogens (tertiary/aromatic N) is 1. The molecule has 1 heterocycles. The van der Waals surface area contributed by atoms with E-state index in [0.717, 1.165) is 0 Å². The second-order valence-corrected chi connectivity index (χ2v) is 5.22. The highest BCUT2D eigenvalue weighted by Gasteiger charge is 2.35. The first kappa shape index (κ1) is 11.2. The van der Waals surface area contributed by atoms with Crippen molar-refractivity contribution in [3.05, 3.63) is 21.6 Å². The molecule has 1 aromatic carbocycles. The van der Waals surface area contributed by atoms with E-state index in [1.807, 2.05) is 0 Å². The second kappa shape index (κ2) is 3.64. The molecule has 0 N–H and O–H groups in total.